The van der Waals surface area contributed by atoms with Gasteiger partial charge in [0.25, 0.3) is 11.8 Å². The molecule has 132 heavy (non-hydrogen) atoms. The van der Waals surface area contributed by atoms with E-state index >= 15 is 0 Å². The van der Waals surface area contributed by atoms with Crippen LogP contribution >= 0.6 is 11.6 Å². The number of fused-ring (bicyclic) bond motifs is 20. The summed E-state index contributed by atoms with van der Waals surface area (Å²) in [6, 6.07) is 12.6. The van der Waals surface area contributed by atoms with E-state index in [0.29, 0.717) is 97.4 Å². The number of halogens is 2. The van der Waals surface area contributed by atoms with Crippen molar-refractivity contribution in [2.75, 3.05) is 68.6 Å². The molecule has 22 nitrogen and oxygen atoms in total. The van der Waals surface area contributed by atoms with Crippen LogP contribution < -0.4 is 10.9 Å². The molecule has 2 heterocycles. The monoisotopic (exact) mass is 1850 g/mol. The van der Waals surface area contributed by atoms with Crippen LogP contribution in [0.4, 0.5) is 4.39 Å². The summed E-state index contributed by atoms with van der Waals surface area (Å²) in [5, 5.41) is 65.4. The van der Waals surface area contributed by atoms with E-state index in [1.807, 2.05) is 42.3 Å². The number of carbonyl (C=O) groups is 7. The molecule has 2 aliphatic heterocycles. The lowest BCUT2D eigenvalue weighted by atomic mass is 9.43. The number of esters is 4. The Bertz CT molecular complexity index is 4830. The number of rotatable bonds is 13. The van der Waals surface area contributed by atoms with E-state index in [0.717, 1.165) is 201 Å². The Hall–Kier alpha value is -6.31. The fraction of sp³-hybridized carbons (Fsp3) is 0.769. The second kappa shape index (κ2) is 36.5. The van der Waals surface area contributed by atoms with E-state index in [2.05, 4.69) is 69.5 Å². The molecule has 31 atom stereocenters. The van der Waals surface area contributed by atoms with E-state index in [4.69, 9.17) is 30.5 Å². The number of benzene rings is 2. The minimum absolute atomic E-state index is 0.0386. The Labute approximate surface area is 788 Å². The average Bonchev–Trinajstić information content (AvgIpc) is 1.51. The number of hydrogen-bond acceptors (Lipinski definition) is 18. The Balaban J connectivity index is 0.000000124. The maximum absolute atomic E-state index is 13.1. The van der Waals surface area contributed by atoms with Crippen LogP contribution in [0.3, 0.4) is 0 Å². The van der Waals surface area contributed by atoms with Crippen LogP contribution in [0.1, 0.15) is 294 Å². The van der Waals surface area contributed by atoms with Gasteiger partial charge in [0, 0.05) is 79.1 Å². The average molecular weight is 1850 g/mol. The van der Waals surface area contributed by atoms with Crippen LogP contribution in [0.15, 0.2) is 82.0 Å². The Morgan fingerprint density at radius 3 is 1.52 bits per heavy atom. The molecule has 24 heteroatoms. The van der Waals surface area contributed by atoms with Gasteiger partial charge in [0.2, 0.25) is 0 Å². The standard InChI is InChI=1S/C33H54N2O7.C26H35ClN2O2.C26H35FN2O2.C23H32O5/c1-31-13-11-23(41-28(37)18-34(3,4)5)16-22(31)9-10-25-24(31)12-14-32(2)30(21-15-27(36)40-20-21)26(17-33(25,32)39)42-29(38)19-35(6,7)8;1-25-12-10-19(30)15-17(25)6-7-20-21-8-9-23(26(21,2)13-11-22(20)25)28-29-24(31)16-4-3-5-18(27)14-16;1-25-13-11-19(30)15-17(25)5-8-20-21-9-10-23(26(21,2)14-12-22(20)25)28-29-24(31)16-3-6-18(27)7-4-16;1-21-7-5-18-19(3-2-15-11-16(25)4-8-22(15,18)13-24)23(21,27)9-6-17(21)14-10-20(26)28-12-14/h15,22-26,30,39H,9-14,16-20H2,1-8H3;3-5,14,17,19-22,30H,6-13,15H2,1-2H3,(H,29,31);3-4,6-7,17,19-22,30H,5,8-15H2,1-2H3,(H,29,31);10,13,15-19,25,27H,2-9,11-12H2,1H3/q+2;;;/b;2*28-23+;/t22?,23?,24-,25+,26?,30?,31?,32?,33?;;;15-,16?,17?,18?,19?,21?,22?,23?/m0..0/s1. The number of hydrazone groups is 2. The first-order valence-electron chi connectivity index (χ1n) is 51.3. The molecule has 18 aliphatic rings. The van der Waals surface area contributed by atoms with Crippen molar-refractivity contribution in [2.24, 2.45) is 148 Å². The molecular weight excluding hydrogens is 1690 g/mol. The van der Waals surface area contributed by atoms with Gasteiger partial charge in [-0.15, -0.1) is 0 Å². The number of likely N-dealkylation sites (N-methyl/N-ethyl adjacent to an activating group) is 2. The van der Waals surface area contributed by atoms with E-state index in [1.54, 1.807) is 36.4 Å². The van der Waals surface area contributed by atoms with Crippen LogP contribution in [0, 0.1) is 144 Å². The molecule has 2 aromatic carbocycles. The lowest BCUT2D eigenvalue weighted by Crippen LogP contribution is -2.63. The second-order valence-corrected chi connectivity index (χ2v) is 49.8. The summed E-state index contributed by atoms with van der Waals surface area (Å²) in [6.07, 6.45) is 38.1. The van der Waals surface area contributed by atoms with Crippen molar-refractivity contribution in [3.05, 3.63) is 93.8 Å². The summed E-state index contributed by atoms with van der Waals surface area (Å²) >= 11 is 6.03. The molecule has 16 aliphatic carbocycles. The second-order valence-electron chi connectivity index (χ2n) is 49.3. The predicted molar refractivity (Wildman–Crippen MR) is 502 cm³/mol. The topological polar surface area (TPSA) is 306 Å². The number of aldehydes is 1. The Morgan fingerprint density at radius 1 is 0.492 bits per heavy atom. The summed E-state index contributed by atoms with van der Waals surface area (Å²) in [5.41, 5.74) is 8.76. The van der Waals surface area contributed by atoms with Gasteiger partial charge in [-0.25, -0.2) is 34.4 Å². The Morgan fingerprint density at radius 2 is 0.970 bits per heavy atom. The number of aliphatic hydroxyl groups excluding tert-OH is 3. The van der Waals surface area contributed by atoms with Crippen LogP contribution in [0.25, 0.3) is 0 Å². The lowest BCUT2D eigenvalue weighted by molar-refractivity contribution is -0.862. The van der Waals surface area contributed by atoms with Crippen molar-refractivity contribution in [3.63, 3.8) is 0 Å². The van der Waals surface area contributed by atoms with Crippen molar-refractivity contribution in [2.45, 2.75) is 315 Å². The van der Waals surface area contributed by atoms with Gasteiger partial charge in [-0.05, 0) is 377 Å². The molecule has 0 bridgehead atoms. The maximum Gasteiger partial charge on any atom is 0.362 e. The van der Waals surface area contributed by atoms with Crippen molar-refractivity contribution in [1.82, 2.24) is 10.9 Å². The van der Waals surface area contributed by atoms with Crippen molar-refractivity contribution >= 4 is 65.0 Å². The largest absolute Gasteiger partial charge is 0.458 e. The molecule has 0 spiro atoms. The first-order valence-corrected chi connectivity index (χ1v) is 51.6. The SMILES string of the molecule is CC12CCC(OC(=O)C[N+](C)(C)C)CC1CC[C@@H]1[C@@H]2CCC2(C)C(C3=CC(=O)OC3)C(OC(=O)C[N+](C)(C)C)CC12O.CC12CCC3C(CCC4CC(O)CCC43C)C1CC/C2=N\NC(=O)c1ccc(F)cc1.CC12CCC3C(CCC4CC(O)CCC43C)C1CC/C2=N\NC(=O)c1cccc(Cl)c1.CC12CCC3C(CC[C@H]4CC(O)CCC34C=O)C1(O)CCC2C1=CC(=O)OC1. The van der Waals surface area contributed by atoms with Gasteiger partial charge in [-0.2, -0.15) is 10.2 Å². The lowest BCUT2D eigenvalue weighted by Gasteiger charge is -2.63. The predicted octanol–water partition coefficient (Wildman–Crippen LogP) is 17.0. The van der Waals surface area contributed by atoms with Gasteiger partial charge in [-0.1, -0.05) is 66.1 Å². The number of amides is 2. The molecule has 28 unspecified atom stereocenters. The van der Waals surface area contributed by atoms with E-state index in [9.17, 15) is 63.5 Å². The molecule has 0 saturated heterocycles. The van der Waals surface area contributed by atoms with Crippen molar-refractivity contribution in [1.29, 1.82) is 0 Å². The van der Waals surface area contributed by atoms with Gasteiger partial charge >= 0.3 is 23.9 Å². The van der Waals surface area contributed by atoms with Gasteiger partial charge in [-0.3, -0.25) is 9.59 Å². The molecule has 726 valence electrons. The molecule has 2 amide bonds. The van der Waals surface area contributed by atoms with Crippen LogP contribution in [-0.2, 0) is 42.9 Å². The number of carbonyl (C=O) groups excluding carboxylic acids is 7. The number of quaternary nitrogens is 2. The fourth-order valence-corrected chi connectivity index (χ4v) is 34.4. The first-order chi connectivity index (χ1) is 62.3. The molecule has 20 rings (SSSR count). The van der Waals surface area contributed by atoms with Gasteiger partial charge < -0.3 is 58.2 Å². The zero-order valence-electron chi connectivity index (χ0n) is 81.3. The normalized spacial score (nSPS) is 44.7. The molecular formula is C108H156ClFN6O16+2. The number of hydrogen-bond donors (Lipinski definition) is 7. The fourth-order valence-electron chi connectivity index (χ4n) is 34.2. The number of aliphatic hydroxyl groups is 5. The number of ether oxygens (including phenoxy) is 4. The minimum Gasteiger partial charge on any atom is -0.458 e. The summed E-state index contributed by atoms with van der Waals surface area (Å²) in [6.45, 7) is 17.7. The third kappa shape index (κ3) is 17.6. The van der Waals surface area contributed by atoms with Gasteiger partial charge in [0.1, 0.15) is 37.5 Å². The summed E-state index contributed by atoms with van der Waals surface area (Å²) in [5.74, 6) is 5.24. The summed E-state index contributed by atoms with van der Waals surface area (Å²) in [7, 11) is 11.9. The molecule has 16 fully saturated rings. The maximum atomic E-state index is 13.1. The van der Waals surface area contributed by atoms with E-state index in [1.165, 1.54) is 87.6 Å². The van der Waals surface area contributed by atoms with Crippen LogP contribution in [0.2, 0.25) is 5.02 Å². The van der Waals surface area contributed by atoms with Gasteiger partial charge in [0.15, 0.2) is 13.1 Å². The zero-order valence-corrected chi connectivity index (χ0v) is 82.1. The molecule has 0 aromatic heterocycles. The molecule has 2 aromatic rings. The third-order valence-corrected chi connectivity index (χ3v) is 41.2. The summed E-state index contributed by atoms with van der Waals surface area (Å²) in [4.78, 5) is 86.9. The number of cyclic esters (lactones) is 2. The smallest absolute Gasteiger partial charge is 0.362 e. The Kier molecular flexibility index (Phi) is 26.9. The van der Waals surface area contributed by atoms with Crippen molar-refractivity contribution in [3.8, 4) is 0 Å². The molecule has 16 saturated carbocycles. The quantitative estimate of drug-likeness (QED) is 0.0322. The highest BCUT2D eigenvalue weighted by atomic mass is 35.5. The molecule has 0 radical (unpaired) electrons. The highest BCUT2D eigenvalue weighted by Gasteiger charge is 2.73. The highest BCUT2D eigenvalue weighted by molar-refractivity contribution is 6.31. The van der Waals surface area contributed by atoms with Crippen molar-refractivity contribution < 1.29 is 91.4 Å². The third-order valence-electron chi connectivity index (χ3n) is 40.9. The van der Waals surface area contributed by atoms with Gasteiger partial charge in [0.05, 0.1) is 71.8 Å². The van der Waals surface area contributed by atoms with Crippen LogP contribution in [0.5, 0.6) is 0 Å². The highest BCUT2D eigenvalue weighted by Crippen LogP contribution is 2.74. The zero-order chi connectivity index (χ0) is 94.2. The first kappa shape index (κ1) is 97.3. The number of nitrogens with zero attached hydrogens (tertiary/aromatic N) is 4. The number of nitrogens with one attached hydrogen (secondary N) is 2. The van der Waals surface area contributed by atoms with E-state index < -0.39 is 22.7 Å². The minimum atomic E-state index is -1.02. The van der Waals surface area contributed by atoms with Crippen LogP contribution in [-0.4, -0.2) is 198 Å². The summed E-state index contributed by atoms with van der Waals surface area (Å²) < 4.78 is 36.8. The molecule has 7 N–H and O–H groups in total. The van der Waals surface area contributed by atoms with E-state index in [-0.39, 0.29) is 142 Å².